The molecule has 23 heavy (non-hydrogen) atoms. The lowest BCUT2D eigenvalue weighted by Crippen LogP contribution is -2.53. The van der Waals surface area contributed by atoms with Gasteiger partial charge in [-0.25, -0.2) is 0 Å². The Balaban J connectivity index is 1.75. The van der Waals surface area contributed by atoms with Gasteiger partial charge in [0.25, 0.3) is 10.2 Å². The molecule has 0 bridgehead atoms. The number of rotatable bonds is 3. The smallest absolute Gasteiger partial charge is 0.282 e. The van der Waals surface area contributed by atoms with E-state index in [1.165, 1.54) is 8.61 Å². The predicted molar refractivity (Wildman–Crippen MR) is 86.0 cm³/mol. The van der Waals surface area contributed by atoms with Crippen molar-refractivity contribution in [3.05, 3.63) is 0 Å². The van der Waals surface area contributed by atoms with E-state index < -0.39 is 15.6 Å². The molecule has 3 aliphatic heterocycles. The molecule has 3 saturated heterocycles. The molecule has 3 fully saturated rings. The summed E-state index contributed by atoms with van der Waals surface area (Å²) in [6.45, 7) is 7.29. The molecule has 0 aromatic carbocycles. The zero-order valence-electron chi connectivity index (χ0n) is 14.0. The summed E-state index contributed by atoms with van der Waals surface area (Å²) in [5, 5.41) is 0. The Hall–Kier alpha value is -0.700. The topological polar surface area (TPSA) is 70.2 Å². The maximum Gasteiger partial charge on any atom is 0.282 e. The van der Waals surface area contributed by atoms with Gasteiger partial charge in [-0.05, 0) is 33.1 Å². The number of ether oxygens (including phenoxy) is 1. The number of carbonyl (C=O) groups excluding carboxylic acids is 1. The molecule has 132 valence electrons. The van der Waals surface area contributed by atoms with Crippen molar-refractivity contribution in [2.45, 2.75) is 39.2 Å². The van der Waals surface area contributed by atoms with Gasteiger partial charge < -0.3 is 9.64 Å². The summed E-state index contributed by atoms with van der Waals surface area (Å²) in [7, 11) is -3.48. The molecule has 0 saturated carbocycles. The summed E-state index contributed by atoms with van der Waals surface area (Å²) in [5.74, 6) is 0.137. The molecule has 3 heterocycles. The summed E-state index contributed by atoms with van der Waals surface area (Å²) < 4.78 is 33.9. The van der Waals surface area contributed by atoms with E-state index in [0.717, 1.165) is 19.4 Å². The fourth-order valence-corrected chi connectivity index (χ4v) is 5.61. The van der Waals surface area contributed by atoms with Crippen molar-refractivity contribution in [2.24, 2.45) is 5.41 Å². The van der Waals surface area contributed by atoms with E-state index in [1.807, 2.05) is 18.7 Å². The monoisotopic (exact) mass is 345 g/mol. The second-order valence-corrected chi connectivity index (χ2v) is 9.01. The van der Waals surface area contributed by atoms with E-state index in [4.69, 9.17) is 4.74 Å². The molecule has 0 aromatic heterocycles. The van der Waals surface area contributed by atoms with Crippen LogP contribution in [0.25, 0.3) is 0 Å². The normalized spacial score (nSPS) is 31.4. The van der Waals surface area contributed by atoms with Gasteiger partial charge in [0.15, 0.2) is 0 Å². The van der Waals surface area contributed by atoms with Crippen LogP contribution in [0.2, 0.25) is 0 Å². The summed E-state index contributed by atoms with van der Waals surface area (Å²) in [4.78, 5) is 14.8. The Labute approximate surface area is 138 Å². The second kappa shape index (κ2) is 6.31. The molecule has 1 amide bonds. The van der Waals surface area contributed by atoms with Gasteiger partial charge in [0, 0.05) is 38.8 Å². The van der Waals surface area contributed by atoms with Gasteiger partial charge in [-0.15, -0.1) is 0 Å². The van der Waals surface area contributed by atoms with Crippen LogP contribution in [0.15, 0.2) is 0 Å². The van der Waals surface area contributed by atoms with Gasteiger partial charge in [0.1, 0.15) is 0 Å². The van der Waals surface area contributed by atoms with E-state index in [1.54, 1.807) is 0 Å². The number of hydrogen-bond acceptors (Lipinski definition) is 4. The van der Waals surface area contributed by atoms with Gasteiger partial charge in [0.2, 0.25) is 5.91 Å². The number of piperidine rings is 1. The molecule has 0 unspecified atom stereocenters. The molecule has 8 heteroatoms. The van der Waals surface area contributed by atoms with Crippen LogP contribution in [0.5, 0.6) is 0 Å². The van der Waals surface area contributed by atoms with Gasteiger partial charge >= 0.3 is 0 Å². The molecule has 0 aromatic rings. The van der Waals surface area contributed by atoms with E-state index in [2.05, 4.69) is 0 Å². The molecule has 0 aliphatic carbocycles. The molecule has 0 radical (unpaired) electrons. The highest BCUT2D eigenvalue weighted by Gasteiger charge is 2.52. The Kier molecular flexibility index (Phi) is 4.70. The highest BCUT2D eigenvalue weighted by molar-refractivity contribution is 7.86. The number of morpholine rings is 1. The fourth-order valence-electron chi connectivity index (χ4n) is 3.94. The van der Waals surface area contributed by atoms with Gasteiger partial charge in [-0.2, -0.15) is 17.0 Å². The van der Waals surface area contributed by atoms with Crippen molar-refractivity contribution in [1.82, 2.24) is 13.5 Å². The van der Waals surface area contributed by atoms with E-state index >= 15 is 0 Å². The zero-order chi connectivity index (χ0) is 16.7. The number of carbonyl (C=O) groups is 1. The summed E-state index contributed by atoms with van der Waals surface area (Å²) in [6.07, 6.45) is 2.39. The minimum Gasteiger partial charge on any atom is -0.379 e. The lowest BCUT2D eigenvalue weighted by molar-refractivity contribution is -0.147. The first-order valence-corrected chi connectivity index (χ1v) is 9.91. The first kappa shape index (κ1) is 17.1. The van der Waals surface area contributed by atoms with E-state index in [9.17, 15) is 13.2 Å². The van der Waals surface area contributed by atoms with Crippen LogP contribution in [0.1, 0.15) is 33.1 Å². The van der Waals surface area contributed by atoms with Crippen molar-refractivity contribution in [2.75, 3.05) is 45.9 Å². The Morgan fingerprint density at radius 2 is 1.74 bits per heavy atom. The quantitative estimate of drug-likeness (QED) is 0.737. The second-order valence-electron chi connectivity index (χ2n) is 7.08. The third kappa shape index (κ3) is 3.01. The molecule has 3 rings (SSSR count). The third-order valence-electron chi connectivity index (χ3n) is 5.33. The van der Waals surface area contributed by atoms with Crippen molar-refractivity contribution in [1.29, 1.82) is 0 Å². The molecular formula is C15H27N3O4S. The lowest BCUT2D eigenvalue weighted by atomic mass is 9.78. The van der Waals surface area contributed by atoms with Crippen LogP contribution in [-0.4, -0.2) is 79.8 Å². The number of likely N-dealkylation sites (tertiary alicyclic amines) is 1. The van der Waals surface area contributed by atoms with E-state index in [-0.39, 0.29) is 11.9 Å². The van der Waals surface area contributed by atoms with Crippen LogP contribution in [0.4, 0.5) is 0 Å². The van der Waals surface area contributed by atoms with Crippen LogP contribution in [0, 0.1) is 5.41 Å². The van der Waals surface area contributed by atoms with Crippen LogP contribution < -0.4 is 0 Å². The number of hydrogen-bond donors (Lipinski definition) is 0. The van der Waals surface area contributed by atoms with Crippen molar-refractivity contribution in [3.8, 4) is 0 Å². The summed E-state index contributed by atoms with van der Waals surface area (Å²) in [6, 6.07) is 0.171. The van der Waals surface area contributed by atoms with Gasteiger partial charge in [-0.1, -0.05) is 0 Å². The average molecular weight is 345 g/mol. The first-order chi connectivity index (χ1) is 10.9. The highest BCUT2D eigenvalue weighted by atomic mass is 32.2. The summed E-state index contributed by atoms with van der Waals surface area (Å²) in [5.41, 5.74) is -0.512. The zero-order valence-corrected chi connectivity index (χ0v) is 14.8. The molecule has 1 spiro atoms. The van der Waals surface area contributed by atoms with Gasteiger partial charge in [0.05, 0.1) is 18.6 Å². The van der Waals surface area contributed by atoms with Crippen LogP contribution in [-0.2, 0) is 19.7 Å². The van der Waals surface area contributed by atoms with Crippen molar-refractivity contribution in [3.63, 3.8) is 0 Å². The maximum atomic E-state index is 12.9. The Bertz CT molecular complexity index is 559. The van der Waals surface area contributed by atoms with Crippen molar-refractivity contribution < 1.29 is 17.9 Å². The Morgan fingerprint density at radius 1 is 1.04 bits per heavy atom. The minimum absolute atomic E-state index is 0.137. The fraction of sp³-hybridized carbons (Fsp3) is 0.933. The Morgan fingerprint density at radius 3 is 2.39 bits per heavy atom. The van der Waals surface area contributed by atoms with Crippen molar-refractivity contribution >= 4 is 16.1 Å². The van der Waals surface area contributed by atoms with E-state index in [0.29, 0.717) is 45.8 Å². The number of nitrogens with zero attached hydrogens (tertiary/aromatic N) is 3. The number of amides is 1. The molecule has 7 nitrogen and oxygen atoms in total. The minimum atomic E-state index is -3.48. The predicted octanol–water partition coefficient (Wildman–Crippen LogP) is 0.286. The third-order valence-corrected chi connectivity index (χ3v) is 7.32. The first-order valence-electron chi connectivity index (χ1n) is 8.51. The molecule has 1 atom stereocenters. The SMILES string of the molecule is CC(C)N1CCC[C@@]2(CCN(S(=O)(=O)N3CCOCC3)C2)C1=O. The average Bonchev–Trinajstić information content (AvgIpc) is 2.97. The lowest BCUT2D eigenvalue weighted by Gasteiger charge is -2.41. The molecule has 3 aliphatic rings. The molecular weight excluding hydrogens is 318 g/mol. The van der Waals surface area contributed by atoms with Crippen LogP contribution >= 0.6 is 0 Å². The maximum absolute atomic E-state index is 12.9. The van der Waals surface area contributed by atoms with Gasteiger partial charge in [-0.3, -0.25) is 4.79 Å². The summed E-state index contributed by atoms with van der Waals surface area (Å²) >= 11 is 0. The van der Waals surface area contributed by atoms with Crippen LogP contribution in [0.3, 0.4) is 0 Å². The standard InChI is InChI=1S/C15H27N3O4S/c1-13(2)18-6-3-4-15(14(18)19)5-7-17(12-15)23(20,21)16-8-10-22-11-9-16/h13H,3-12H2,1-2H3/t15-/m0/s1. The largest absolute Gasteiger partial charge is 0.379 e. The molecule has 0 N–H and O–H groups in total. The highest BCUT2D eigenvalue weighted by Crippen LogP contribution is 2.41.